The van der Waals surface area contributed by atoms with Gasteiger partial charge < -0.3 is 0 Å². The molecule has 0 spiro atoms. The Labute approximate surface area is 140 Å². The third-order valence-electron chi connectivity index (χ3n) is 4.39. The zero-order chi connectivity index (χ0) is 16.6. The summed E-state index contributed by atoms with van der Waals surface area (Å²) in [6, 6.07) is 14.3. The fourth-order valence-electron chi connectivity index (χ4n) is 3.01. The molecule has 0 amide bonds. The highest BCUT2D eigenvalue weighted by atomic mass is 32.2. The molecule has 1 aromatic carbocycles. The van der Waals surface area contributed by atoms with Crippen LogP contribution < -0.4 is 0 Å². The Balaban J connectivity index is 1.52. The van der Waals surface area contributed by atoms with Gasteiger partial charge in [-0.2, -0.15) is 5.10 Å². The van der Waals surface area contributed by atoms with Crippen LogP contribution in [0.4, 0.5) is 0 Å². The minimum atomic E-state index is -2.82. The number of sulfone groups is 1. The first-order valence-electron chi connectivity index (χ1n) is 7.92. The van der Waals surface area contributed by atoms with E-state index in [-0.39, 0.29) is 11.5 Å². The average molecular weight is 342 g/mol. The molecule has 2 aromatic heterocycles. The van der Waals surface area contributed by atoms with E-state index in [4.69, 9.17) is 0 Å². The first-order chi connectivity index (χ1) is 11.6. The maximum Gasteiger partial charge on any atom is 0.155 e. The first kappa shape index (κ1) is 15.3. The van der Waals surface area contributed by atoms with Crippen LogP contribution in [-0.2, 0) is 16.4 Å². The van der Waals surface area contributed by atoms with Gasteiger partial charge in [0.25, 0.3) is 0 Å². The molecule has 0 aliphatic carbocycles. The molecule has 0 atom stereocenters. The number of hydrogen-bond acceptors (Lipinski definition) is 5. The van der Waals surface area contributed by atoms with Crippen molar-refractivity contribution in [1.29, 1.82) is 0 Å². The minimum absolute atomic E-state index is 0.263. The molecular weight excluding hydrogens is 324 g/mol. The average Bonchev–Trinajstić information content (AvgIpc) is 3.06. The molecule has 0 radical (unpaired) electrons. The van der Waals surface area contributed by atoms with Crippen molar-refractivity contribution in [3.05, 3.63) is 54.4 Å². The van der Waals surface area contributed by atoms with Crippen molar-refractivity contribution in [3.8, 4) is 11.3 Å². The van der Waals surface area contributed by atoms with Crippen LogP contribution in [0.25, 0.3) is 16.9 Å². The zero-order valence-electron chi connectivity index (χ0n) is 13.2. The second-order valence-corrected chi connectivity index (χ2v) is 8.37. The third-order valence-corrected chi connectivity index (χ3v) is 6.00. The normalized spacial score (nSPS) is 18.0. The minimum Gasteiger partial charge on any atom is -0.297 e. The molecule has 0 bridgehead atoms. The number of nitrogens with zero attached hydrogens (tertiary/aromatic N) is 4. The summed E-state index contributed by atoms with van der Waals surface area (Å²) in [6.45, 7) is 2.01. The van der Waals surface area contributed by atoms with Gasteiger partial charge in [-0.15, -0.1) is 0 Å². The van der Waals surface area contributed by atoms with E-state index in [9.17, 15) is 8.42 Å². The van der Waals surface area contributed by atoms with E-state index in [0.29, 0.717) is 13.1 Å². The molecule has 124 valence electrons. The lowest BCUT2D eigenvalue weighted by molar-refractivity contribution is 0.287. The van der Waals surface area contributed by atoms with Gasteiger partial charge in [-0.05, 0) is 17.7 Å². The third kappa shape index (κ3) is 3.05. The molecule has 1 saturated heterocycles. The summed E-state index contributed by atoms with van der Waals surface area (Å²) in [4.78, 5) is 6.40. The molecule has 0 N–H and O–H groups in total. The smallest absolute Gasteiger partial charge is 0.155 e. The molecule has 24 heavy (non-hydrogen) atoms. The number of rotatable bonds is 3. The van der Waals surface area contributed by atoms with Crippen LogP contribution in [-0.4, -0.2) is 52.5 Å². The Bertz CT molecular complexity index is 950. The molecule has 1 fully saturated rings. The largest absolute Gasteiger partial charge is 0.297 e. The van der Waals surface area contributed by atoms with Gasteiger partial charge in [-0.25, -0.2) is 17.9 Å². The number of pyridine rings is 1. The molecule has 1 aliphatic rings. The Kier molecular flexibility index (Phi) is 3.82. The molecule has 3 aromatic rings. The SMILES string of the molecule is O=S1(=O)CCN(Cc2ccc(-c3cccc4ncnn34)cc2)CC1. The van der Waals surface area contributed by atoms with Crippen LogP contribution in [0.3, 0.4) is 0 Å². The molecule has 6 nitrogen and oxygen atoms in total. The second-order valence-electron chi connectivity index (χ2n) is 6.07. The van der Waals surface area contributed by atoms with Crippen molar-refractivity contribution in [1.82, 2.24) is 19.5 Å². The van der Waals surface area contributed by atoms with Crippen LogP contribution >= 0.6 is 0 Å². The fourth-order valence-corrected chi connectivity index (χ4v) is 4.29. The van der Waals surface area contributed by atoms with Crippen molar-refractivity contribution in [2.45, 2.75) is 6.54 Å². The topological polar surface area (TPSA) is 67.6 Å². The van der Waals surface area contributed by atoms with E-state index in [1.165, 1.54) is 5.56 Å². The molecule has 3 heterocycles. The van der Waals surface area contributed by atoms with Crippen molar-refractivity contribution < 1.29 is 8.42 Å². The van der Waals surface area contributed by atoms with Crippen LogP contribution in [0, 0.1) is 0 Å². The quantitative estimate of drug-likeness (QED) is 0.724. The van der Waals surface area contributed by atoms with Gasteiger partial charge in [-0.3, -0.25) is 4.90 Å². The van der Waals surface area contributed by atoms with Gasteiger partial charge in [0.2, 0.25) is 0 Å². The summed E-state index contributed by atoms with van der Waals surface area (Å²) >= 11 is 0. The summed E-state index contributed by atoms with van der Waals surface area (Å²) in [7, 11) is -2.82. The van der Waals surface area contributed by atoms with E-state index in [2.05, 4.69) is 39.2 Å². The van der Waals surface area contributed by atoms with Crippen molar-refractivity contribution in [2.24, 2.45) is 0 Å². The molecular formula is C17H18N4O2S. The van der Waals surface area contributed by atoms with E-state index < -0.39 is 9.84 Å². The first-order valence-corrected chi connectivity index (χ1v) is 9.74. The van der Waals surface area contributed by atoms with Gasteiger partial charge in [0, 0.05) is 25.2 Å². The summed E-state index contributed by atoms with van der Waals surface area (Å²) < 4.78 is 24.8. The molecule has 7 heteroatoms. The second kappa shape index (κ2) is 5.99. The molecule has 0 unspecified atom stereocenters. The van der Waals surface area contributed by atoms with Gasteiger partial charge in [0.15, 0.2) is 15.5 Å². The van der Waals surface area contributed by atoms with E-state index in [1.54, 1.807) is 6.33 Å². The van der Waals surface area contributed by atoms with E-state index in [0.717, 1.165) is 23.4 Å². The summed E-state index contributed by atoms with van der Waals surface area (Å²) in [5.74, 6) is 0.527. The monoisotopic (exact) mass is 342 g/mol. The maximum absolute atomic E-state index is 11.5. The van der Waals surface area contributed by atoms with Gasteiger partial charge >= 0.3 is 0 Å². The lowest BCUT2D eigenvalue weighted by atomic mass is 10.1. The Hall–Kier alpha value is -2.25. The number of hydrogen-bond donors (Lipinski definition) is 0. The van der Waals surface area contributed by atoms with Crippen LogP contribution in [0.2, 0.25) is 0 Å². The Morgan fingerprint density at radius 1 is 1.00 bits per heavy atom. The maximum atomic E-state index is 11.5. The number of benzene rings is 1. The van der Waals surface area contributed by atoms with Crippen LogP contribution in [0.15, 0.2) is 48.8 Å². The highest BCUT2D eigenvalue weighted by Gasteiger charge is 2.21. The predicted molar refractivity (Wildman–Crippen MR) is 92.4 cm³/mol. The lowest BCUT2D eigenvalue weighted by Gasteiger charge is -2.26. The lowest BCUT2D eigenvalue weighted by Crippen LogP contribution is -2.39. The predicted octanol–water partition coefficient (Wildman–Crippen LogP) is 1.63. The van der Waals surface area contributed by atoms with Crippen molar-refractivity contribution in [2.75, 3.05) is 24.6 Å². The fraction of sp³-hybridized carbons (Fsp3) is 0.294. The van der Waals surface area contributed by atoms with Crippen LogP contribution in [0.5, 0.6) is 0 Å². The summed E-state index contributed by atoms with van der Waals surface area (Å²) in [5, 5.41) is 4.27. The van der Waals surface area contributed by atoms with Gasteiger partial charge in [0.05, 0.1) is 17.2 Å². The number of fused-ring (bicyclic) bond motifs is 1. The Morgan fingerprint density at radius 3 is 2.50 bits per heavy atom. The zero-order valence-corrected chi connectivity index (χ0v) is 14.0. The van der Waals surface area contributed by atoms with Crippen LogP contribution in [0.1, 0.15) is 5.56 Å². The summed E-state index contributed by atoms with van der Waals surface area (Å²) in [6.07, 6.45) is 1.55. The highest BCUT2D eigenvalue weighted by Crippen LogP contribution is 2.21. The Morgan fingerprint density at radius 2 is 1.75 bits per heavy atom. The van der Waals surface area contributed by atoms with E-state index in [1.807, 2.05) is 22.7 Å². The summed E-state index contributed by atoms with van der Waals surface area (Å²) in [5.41, 5.74) is 4.09. The molecule has 1 aliphatic heterocycles. The van der Waals surface area contributed by atoms with Gasteiger partial charge in [0.1, 0.15) is 6.33 Å². The molecule has 0 saturated carbocycles. The number of aromatic nitrogens is 3. The van der Waals surface area contributed by atoms with Gasteiger partial charge in [-0.1, -0.05) is 30.3 Å². The van der Waals surface area contributed by atoms with E-state index >= 15 is 0 Å². The van der Waals surface area contributed by atoms with Crippen molar-refractivity contribution >= 4 is 15.5 Å². The highest BCUT2D eigenvalue weighted by molar-refractivity contribution is 7.91. The van der Waals surface area contributed by atoms with Crippen molar-refractivity contribution in [3.63, 3.8) is 0 Å². The molecule has 4 rings (SSSR count). The standard InChI is InChI=1S/C17H18N4O2S/c22-24(23)10-8-20(9-11-24)12-14-4-6-15(7-5-14)16-2-1-3-17-18-13-19-21(16)17/h1-7,13H,8-12H2.